The van der Waals surface area contributed by atoms with Crippen LogP contribution in [0.4, 0.5) is 0 Å². The van der Waals surface area contributed by atoms with Crippen molar-refractivity contribution < 1.29 is 17.9 Å². The molecule has 7 nitrogen and oxygen atoms in total. The number of carbonyl (C=O) groups is 1. The van der Waals surface area contributed by atoms with Crippen molar-refractivity contribution in [3.05, 3.63) is 17.0 Å². The molecule has 0 saturated carbocycles. The Morgan fingerprint density at radius 1 is 1.32 bits per heavy atom. The van der Waals surface area contributed by atoms with E-state index in [1.165, 1.54) is 18.3 Å². The summed E-state index contributed by atoms with van der Waals surface area (Å²) in [5.41, 5.74) is 0. The number of amides is 1. The van der Waals surface area contributed by atoms with Gasteiger partial charge < -0.3 is 10.1 Å². The Labute approximate surface area is 153 Å². The van der Waals surface area contributed by atoms with Gasteiger partial charge in [0.05, 0.1) is 18.8 Å². The largest absolute Gasteiger partial charge is 0.373 e. The van der Waals surface area contributed by atoms with Gasteiger partial charge in [0, 0.05) is 31.4 Å². The first kappa shape index (κ1) is 20.3. The Hall–Kier alpha value is -1.00. The van der Waals surface area contributed by atoms with Gasteiger partial charge in [-0.1, -0.05) is 0 Å². The molecule has 2 atom stereocenters. The molecule has 1 fully saturated rings. The smallest absolute Gasteiger partial charge is 0.250 e. The van der Waals surface area contributed by atoms with E-state index in [0.29, 0.717) is 13.1 Å². The van der Waals surface area contributed by atoms with Gasteiger partial charge in [-0.15, -0.1) is 11.3 Å². The molecule has 1 aromatic rings. The lowest BCUT2D eigenvalue weighted by molar-refractivity contribution is -0.119. The first-order chi connectivity index (χ1) is 11.8. The number of nitrogens with zero attached hydrogens (tertiary/aromatic N) is 1. The van der Waals surface area contributed by atoms with Crippen molar-refractivity contribution in [1.82, 2.24) is 14.9 Å². The van der Waals surface area contributed by atoms with Crippen LogP contribution in [0.5, 0.6) is 0 Å². The predicted molar refractivity (Wildman–Crippen MR) is 98.1 cm³/mol. The Morgan fingerprint density at radius 2 is 2.00 bits per heavy atom. The van der Waals surface area contributed by atoms with Gasteiger partial charge in [0.25, 0.3) is 0 Å². The second-order valence-electron chi connectivity index (χ2n) is 6.40. The fraction of sp³-hybridized carbons (Fsp3) is 0.688. The van der Waals surface area contributed by atoms with E-state index in [1.807, 2.05) is 0 Å². The van der Waals surface area contributed by atoms with E-state index in [-0.39, 0.29) is 22.3 Å². The molecule has 1 aliphatic rings. The van der Waals surface area contributed by atoms with E-state index in [1.54, 1.807) is 12.1 Å². The molecule has 25 heavy (non-hydrogen) atoms. The summed E-state index contributed by atoms with van der Waals surface area (Å²) in [6, 6.07) is 3.31. The molecule has 1 amide bonds. The maximum Gasteiger partial charge on any atom is 0.250 e. The summed E-state index contributed by atoms with van der Waals surface area (Å²) in [6.07, 6.45) is 1.19. The van der Waals surface area contributed by atoms with Crippen LogP contribution in [0.1, 0.15) is 32.1 Å². The number of sulfonamides is 1. The summed E-state index contributed by atoms with van der Waals surface area (Å²) in [6.45, 7) is 8.91. The lowest BCUT2D eigenvalue weighted by Crippen LogP contribution is -2.46. The second kappa shape index (κ2) is 9.09. The molecule has 2 N–H and O–H groups in total. The Kier molecular flexibility index (Phi) is 7.38. The van der Waals surface area contributed by atoms with E-state index < -0.39 is 10.0 Å². The highest BCUT2D eigenvalue weighted by molar-refractivity contribution is 7.91. The van der Waals surface area contributed by atoms with Crippen molar-refractivity contribution in [2.75, 3.05) is 26.2 Å². The molecule has 0 bridgehead atoms. The highest BCUT2D eigenvalue weighted by atomic mass is 32.2. The van der Waals surface area contributed by atoms with Crippen LogP contribution in [0, 0.1) is 0 Å². The molecule has 142 valence electrons. The molecular weight excluding hydrogens is 362 g/mol. The molecule has 0 radical (unpaired) electrons. The van der Waals surface area contributed by atoms with Crippen LogP contribution in [0.2, 0.25) is 0 Å². The molecule has 2 unspecified atom stereocenters. The average Bonchev–Trinajstić information content (AvgIpc) is 2.98. The van der Waals surface area contributed by atoms with E-state index in [4.69, 9.17) is 4.74 Å². The summed E-state index contributed by atoms with van der Waals surface area (Å²) in [4.78, 5) is 14.0. The predicted octanol–water partition coefficient (Wildman–Crippen LogP) is 1.16. The van der Waals surface area contributed by atoms with Crippen molar-refractivity contribution >= 4 is 27.3 Å². The standard InChI is InChI=1S/C16H27N3O4S2/c1-12-10-19(11-13(2)23-12)8-4-7-18-25(21,22)16-6-5-15(24-16)9-17-14(3)20/h5-6,12-13,18H,4,7-11H2,1-3H3,(H,17,20). The van der Waals surface area contributed by atoms with Crippen LogP contribution in [-0.2, 0) is 26.1 Å². The number of morpholine rings is 1. The first-order valence-corrected chi connectivity index (χ1v) is 10.8. The van der Waals surface area contributed by atoms with Gasteiger partial charge in [-0.3, -0.25) is 9.69 Å². The summed E-state index contributed by atoms with van der Waals surface area (Å²) < 4.78 is 33.3. The van der Waals surface area contributed by atoms with Gasteiger partial charge in [-0.2, -0.15) is 0 Å². The average molecular weight is 390 g/mol. The van der Waals surface area contributed by atoms with Gasteiger partial charge in [0.1, 0.15) is 4.21 Å². The zero-order chi connectivity index (χ0) is 18.4. The van der Waals surface area contributed by atoms with Crippen molar-refractivity contribution in [3.63, 3.8) is 0 Å². The molecule has 0 aliphatic carbocycles. The molecule has 1 saturated heterocycles. The lowest BCUT2D eigenvalue weighted by atomic mass is 10.2. The molecule has 1 aliphatic heterocycles. The first-order valence-electron chi connectivity index (χ1n) is 8.47. The third-order valence-corrected chi connectivity index (χ3v) is 6.89. The number of hydrogen-bond acceptors (Lipinski definition) is 6. The lowest BCUT2D eigenvalue weighted by Gasteiger charge is -2.35. The van der Waals surface area contributed by atoms with E-state index in [2.05, 4.69) is 28.8 Å². The molecule has 2 heterocycles. The number of carbonyl (C=O) groups excluding carboxylic acids is 1. The van der Waals surface area contributed by atoms with E-state index in [9.17, 15) is 13.2 Å². The van der Waals surface area contributed by atoms with Crippen molar-refractivity contribution in [3.8, 4) is 0 Å². The highest BCUT2D eigenvalue weighted by Crippen LogP contribution is 2.21. The topological polar surface area (TPSA) is 87.7 Å². The van der Waals surface area contributed by atoms with Crippen LogP contribution < -0.4 is 10.0 Å². The molecular formula is C16H27N3O4S2. The van der Waals surface area contributed by atoms with Crippen LogP contribution in [0.15, 0.2) is 16.3 Å². The molecule has 2 rings (SSSR count). The third-order valence-electron chi connectivity index (χ3n) is 3.85. The van der Waals surface area contributed by atoms with Gasteiger partial charge >= 0.3 is 0 Å². The van der Waals surface area contributed by atoms with Crippen LogP contribution in [-0.4, -0.2) is 57.6 Å². The minimum absolute atomic E-state index is 0.136. The highest BCUT2D eigenvalue weighted by Gasteiger charge is 2.22. The van der Waals surface area contributed by atoms with Crippen LogP contribution >= 0.6 is 11.3 Å². The number of thiophene rings is 1. The van der Waals surface area contributed by atoms with Gasteiger partial charge in [0.2, 0.25) is 15.9 Å². The Balaban J connectivity index is 1.76. The normalized spacial score (nSPS) is 22.0. The zero-order valence-electron chi connectivity index (χ0n) is 14.9. The Bertz CT molecular complexity index is 665. The van der Waals surface area contributed by atoms with Gasteiger partial charge in [0.15, 0.2) is 0 Å². The SMILES string of the molecule is CC(=O)NCc1ccc(S(=O)(=O)NCCCN2CC(C)OC(C)C2)s1. The molecule has 1 aromatic heterocycles. The van der Waals surface area contributed by atoms with Crippen molar-refractivity contribution in [2.45, 2.75) is 50.2 Å². The summed E-state index contributed by atoms with van der Waals surface area (Å²) in [7, 11) is -3.49. The molecule has 0 spiro atoms. The number of hydrogen-bond donors (Lipinski definition) is 2. The number of rotatable bonds is 8. The summed E-state index contributed by atoms with van der Waals surface area (Å²) >= 11 is 1.18. The van der Waals surface area contributed by atoms with E-state index in [0.717, 1.165) is 30.9 Å². The fourth-order valence-corrected chi connectivity index (χ4v) is 5.27. The molecule has 9 heteroatoms. The zero-order valence-corrected chi connectivity index (χ0v) is 16.6. The van der Waals surface area contributed by atoms with Crippen molar-refractivity contribution in [2.24, 2.45) is 0 Å². The van der Waals surface area contributed by atoms with E-state index >= 15 is 0 Å². The summed E-state index contributed by atoms with van der Waals surface area (Å²) in [5.74, 6) is -0.136. The van der Waals surface area contributed by atoms with Crippen LogP contribution in [0.25, 0.3) is 0 Å². The van der Waals surface area contributed by atoms with Gasteiger partial charge in [-0.05, 0) is 38.9 Å². The monoisotopic (exact) mass is 389 g/mol. The maximum absolute atomic E-state index is 12.3. The summed E-state index contributed by atoms with van der Waals surface area (Å²) in [5, 5.41) is 2.66. The maximum atomic E-state index is 12.3. The number of nitrogens with one attached hydrogen (secondary N) is 2. The number of ether oxygens (including phenoxy) is 1. The quantitative estimate of drug-likeness (QED) is 0.652. The van der Waals surface area contributed by atoms with Gasteiger partial charge in [-0.25, -0.2) is 13.1 Å². The van der Waals surface area contributed by atoms with Crippen LogP contribution in [0.3, 0.4) is 0 Å². The minimum Gasteiger partial charge on any atom is -0.373 e. The van der Waals surface area contributed by atoms with Crippen molar-refractivity contribution in [1.29, 1.82) is 0 Å². The minimum atomic E-state index is -3.49. The molecule has 0 aromatic carbocycles. The fourth-order valence-electron chi connectivity index (χ4n) is 2.86. The third kappa shape index (κ3) is 6.67. The second-order valence-corrected chi connectivity index (χ2v) is 9.56. The Morgan fingerprint density at radius 3 is 2.64 bits per heavy atom.